The van der Waals surface area contributed by atoms with Crippen LogP contribution in [-0.4, -0.2) is 32.5 Å². The second kappa shape index (κ2) is 7.89. The average Bonchev–Trinajstić information content (AvgIpc) is 2.99. The van der Waals surface area contributed by atoms with Crippen molar-refractivity contribution >= 4 is 11.0 Å². The van der Waals surface area contributed by atoms with Crippen molar-refractivity contribution in [3.05, 3.63) is 59.9 Å². The number of imidazole rings is 1. The molecule has 0 radical (unpaired) electrons. The van der Waals surface area contributed by atoms with Crippen LogP contribution in [0, 0.1) is 0 Å². The number of hydrogen-bond donors (Lipinski definition) is 2. The molecule has 2 atom stereocenters. The molecule has 3 rings (SSSR count). The van der Waals surface area contributed by atoms with Crippen LogP contribution in [0.15, 0.2) is 48.5 Å². The summed E-state index contributed by atoms with van der Waals surface area (Å²) in [7, 11) is 0. The summed E-state index contributed by atoms with van der Waals surface area (Å²) in [6.45, 7) is 6.46. The van der Waals surface area contributed by atoms with Gasteiger partial charge in [-0.2, -0.15) is 0 Å². The van der Waals surface area contributed by atoms with Crippen LogP contribution in [0.1, 0.15) is 44.2 Å². The van der Waals surface area contributed by atoms with Gasteiger partial charge in [-0.15, -0.1) is 0 Å². The molecule has 1 heterocycles. The fourth-order valence-corrected chi connectivity index (χ4v) is 3.01. The van der Waals surface area contributed by atoms with Crippen LogP contribution in [0.5, 0.6) is 5.75 Å². The first-order valence-electron chi connectivity index (χ1n) is 8.99. The molecule has 0 bridgehead atoms. The third kappa shape index (κ3) is 4.06. The van der Waals surface area contributed by atoms with Crippen molar-refractivity contribution in [3.8, 4) is 5.75 Å². The first-order chi connectivity index (χ1) is 12.5. The standard InChI is InChI=1S/C21H26N2O3/c1-14(2)16-8-10-18(11-9-16)26-13-17(25)12-23-20-7-5-4-6-19(20)22-21(23)15(3)24/h4-11,14-15,17,24-25H,12-13H2,1-3H3/t15-,17+/m1/s1. The predicted octanol–water partition coefficient (Wildman–Crippen LogP) is 3.65. The molecule has 3 aromatic rings. The molecule has 0 aliphatic heterocycles. The van der Waals surface area contributed by atoms with E-state index >= 15 is 0 Å². The Hall–Kier alpha value is -2.37. The highest BCUT2D eigenvalue weighted by molar-refractivity contribution is 5.76. The summed E-state index contributed by atoms with van der Waals surface area (Å²) in [5.41, 5.74) is 2.95. The monoisotopic (exact) mass is 354 g/mol. The van der Waals surface area contributed by atoms with Gasteiger partial charge in [-0.05, 0) is 42.7 Å². The Morgan fingerprint density at radius 1 is 1.00 bits per heavy atom. The van der Waals surface area contributed by atoms with E-state index in [1.807, 2.05) is 53.1 Å². The highest BCUT2D eigenvalue weighted by Gasteiger charge is 2.17. The quantitative estimate of drug-likeness (QED) is 0.680. The van der Waals surface area contributed by atoms with Crippen molar-refractivity contribution in [2.75, 3.05) is 6.61 Å². The number of nitrogens with zero attached hydrogens (tertiary/aromatic N) is 2. The molecule has 0 saturated heterocycles. The molecule has 2 N–H and O–H groups in total. The molecule has 0 spiro atoms. The van der Waals surface area contributed by atoms with E-state index < -0.39 is 12.2 Å². The molecule has 0 aliphatic rings. The fraction of sp³-hybridized carbons (Fsp3) is 0.381. The Morgan fingerprint density at radius 2 is 1.69 bits per heavy atom. The number of fused-ring (bicyclic) bond motifs is 1. The average molecular weight is 354 g/mol. The molecule has 5 nitrogen and oxygen atoms in total. The van der Waals surface area contributed by atoms with Gasteiger partial charge in [0.05, 0.1) is 17.6 Å². The zero-order valence-corrected chi connectivity index (χ0v) is 15.5. The number of ether oxygens (including phenoxy) is 1. The molecule has 0 amide bonds. The van der Waals surface area contributed by atoms with Crippen molar-refractivity contribution < 1.29 is 14.9 Å². The van der Waals surface area contributed by atoms with Gasteiger partial charge in [0.1, 0.15) is 30.4 Å². The van der Waals surface area contributed by atoms with Crippen molar-refractivity contribution in [2.45, 2.75) is 45.4 Å². The molecule has 0 saturated carbocycles. The Morgan fingerprint density at radius 3 is 2.35 bits per heavy atom. The first kappa shape index (κ1) is 18.4. The summed E-state index contributed by atoms with van der Waals surface area (Å²) in [6, 6.07) is 15.6. The van der Waals surface area contributed by atoms with E-state index in [1.54, 1.807) is 6.92 Å². The molecule has 2 aromatic carbocycles. The van der Waals surface area contributed by atoms with E-state index in [4.69, 9.17) is 4.74 Å². The second-order valence-corrected chi connectivity index (χ2v) is 6.93. The van der Waals surface area contributed by atoms with Gasteiger partial charge in [-0.3, -0.25) is 0 Å². The lowest BCUT2D eigenvalue weighted by Crippen LogP contribution is -2.25. The maximum Gasteiger partial charge on any atom is 0.138 e. The summed E-state index contributed by atoms with van der Waals surface area (Å²) >= 11 is 0. The molecule has 0 aliphatic carbocycles. The molecule has 26 heavy (non-hydrogen) atoms. The molecular weight excluding hydrogens is 328 g/mol. The zero-order chi connectivity index (χ0) is 18.7. The van der Waals surface area contributed by atoms with E-state index in [1.165, 1.54) is 5.56 Å². The van der Waals surface area contributed by atoms with E-state index in [0.717, 1.165) is 16.8 Å². The minimum atomic E-state index is -0.713. The van der Waals surface area contributed by atoms with Gasteiger partial charge >= 0.3 is 0 Å². The molecule has 0 unspecified atom stereocenters. The van der Waals surface area contributed by atoms with Gasteiger partial charge < -0.3 is 19.5 Å². The van der Waals surface area contributed by atoms with Crippen LogP contribution in [0.3, 0.4) is 0 Å². The van der Waals surface area contributed by atoms with Gasteiger partial charge in [0.2, 0.25) is 0 Å². The highest BCUT2D eigenvalue weighted by atomic mass is 16.5. The van der Waals surface area contributed by atoms with Gasteiger partial charge in [-0.1, -0.05) is 38.1 Å². The van der Waals surface area contributed by atoms with Crippen LogP contribution >= 0.6 is 0 Å². The van der Waals surface area contributed by atoms with Crippen LogP contribution in [0.2, 0.25) is 0 Å². The van der Waals surface area contributed by atoms with E-state index in [2.05, 4.69) is 18.8 Å². The molecular formula is C21H26N2O3. The third-order valence-corrected chi connectivity index (χ3v) is 4.44. The van der Waals surface area contributed by atoms with Crippen LogP contribution < -0.4 is 4.74 Å². The zero-order valence-electron chi connectivity index (χ0n) is 15.5. The number of rotatable bonds is 7. The molecule has 1 aromatic heterocycles. The number of aliphatic hydroxyl groups excluding tert-OH is 2. The van der Waals surface area contributed by atoms with Crippen LogP contribution in [0.25, 0.3) is 11.0 Å². The minimum Gasteiger partial charge on any atom is -0.491 e. The highest BCUT2D eigenvalue weighted by Crippen LogP contribution is 2.22. The lowest BCUT2D eigenvalue weighted by molar-refractivity contribution is 0.0895. The van der Waals surface area contributed by atoms with Crippen molar-refractivity contribution in [1.29, 1.82) is 0 Å². The summed E-state index contributed by atoms with van der Waals surface area (Å²) in [5, 5.41) is 20.4. The number of hydrogen-bond acceptors (Lipinski definition) is 4. The maximum atomic E-state index is 10.4. The molecule has 5 heteroatoms. The van der Waals surface area contributed by atoms with E-state index in [-0.39, 0.29) is 6.61 Å². The van der Waals surface area contributed by atoms with Crippen LogP contribution in [0.4, 0.5) is 0 Å². The number of aromatic nitrogens is 2. The Bertz CT molecular complexity index is 853. The molecule has 138 valence electrons. The van der Waals surface area contributed by atoms with Crippen LogP contribution in [-0.2, 0) is 6.54 Å². The Balaban J connectivity index is 1.69. The van der Waals surface area contributed by atoms with Crippen molar-refractivity contribution in [1.82, 2.24) is 9.55 Å². The lowest BCUT2D eigenvalue weighted by Gasteiger charge is -2.17. The maximum absolute atomic E-state index is 10.4. The SMILES string of the molecule is CC(C)c1ccc(OC[C@@H](O)Cn2c([C@@H](C)O)nc3ccccc32)cc1. The minimum absolute atomic E-state index is 0.173. The normalized spacial score (nSPS) is 13.9. The summed E-state index contributed by atoms with van der Waals surface area (Å²) < 4.78 is 7.57. The van der Waals surface area contributed by atoms with Crippen molar-refractivity contribution in [3.63, 3.8) is 0 Å². The Kier molecular flexibility index (Phi) is 5.59. The third-order valence-electron chi connectivity index (χ3n) is 4.44. The largest absolute Gasteiger partial charge is 0.491 e. The van der Waals surface area contributed by atoms with E-state index in [0.29, 0.717) is 18.3 Å². The summed E-state index contributed by atoms with van der Waals surface area (Å²) in [4.78, 5) is 4.47. The second-order valence-electron chi connectivity index (χ2n) is 6.93. The fourth-order valence-electron chi connectivity index (χ4n) is 3.01. The lowest BCUT2D eigenvalue weighted by atomic mass is 10.0. The smallest absolute Gasteiger partial charge is 0.138 e. The van der Waals surface area contributed by atoms with E-state index in [9.17, 15) is 10.2 Å². The topological polar surface area (TPSA) is 67.5 Å². The van der Waals surface area contributed by atoms with Crippen molar-refractivity contribution in [2.24, 2.45) is 0 Å². The van der Waals surface area contributed by atoms with Gasteiger partial charge in [0, 0.05) is 0 Å². The summed E-state index contributed by atoms with van der Waals surface area (Å²) in [5.74, 6) is 1.76. The van der Waals surface area contributed by atoms with Gasteiger partial charge in [0.25, 0.3) is 0 Å². The van der Waals surface area contributed by atoms with Gasteiger partial charge in [-0.25, -0.2) is 4.98 Å². The first-order valence-corrected chi connectivity index (χ1v) is 8.99. The predicted molar refractivity (Wildman–Crippen MR) is 102 cm³/mol. The number of aliphatic hydroxyl groups is 2. The Labute approximate surface area is 153 Å². The number of para-hydroxylation sites is 2. The summed E-state index contributed by atoms with van der Waals surface area (Å²) in [6.07, 6.45) is -1.42. The number of benzene rings is 2. The molecule has 0 fully saturated rings. The van der Waals surface area contributed by atoms with Gasteiger partial charge in [0.15, 0.2) is 0 Å².